The monoisotopic (exact) mass is 427 g/mol. The number of likely N-dealkylation sites (N-methyl/N-ethyl adjacent to an activating group) is 1. The summed E-state index contributed by atoms with van der Waals surface area (Å²) in [7, 11) is 5.11. The molecule has 0 aromatic heterocycles. The molecule has 7 nitrogen and oxygen atoms in total. The molecule has 0 aliphatic heterocycles. The second-order valence-corrected chi connectivity index (χ2v) is 7.41. The van der Waals surface area contributed by atoms with Gasteiger partial charge in [-0.1, -0.05) is 0 Å². The van der Waals surface area contributed by atoms with E-state index in [2.05, 4.69) is 5.32 Å². The Morgan fingerprint density at radius 2 is 1.55 bits per heavy atom. The van der Waals surface area contributed by atoms with Gasteiger partial charge < -0.3 is 19.7 Å². The van der Waals surface area contributed by atoms with E-state index in [9.17, 15) is 9.59 Å². The lowest BCUT2D eigenvalue weighted by molar-refractivity contribution is -0.117. The first-order valence-corrected chi connectivity index (χ1v) is 10.4. The van der Waals surface area contributed by atoms with E-state index in [1.807, 2.05) is 44.9 Å². The molecule has 0 atom stereocenters. The quantitative estimate of drug-likeness (QED) is 0.628. The number of benzene rings is 2. The molecule has 1 N–H and O–H groups in total. The maximum absolute atomic E-state index is 12.5. The fourth-order valence-corrected chi connectivity index (χ4v) is 3.37. The molecule has 168 valence electrons. The van der Waals surface area contributed by atoms with Crippen molar-refractivity contribution in [3.05, 3.63) is 53.1 Å². The normalized spacial score (nSPS) is 10.7. The minimum atomic E-state index is -0.122. The van der Waals surface area contributed by atoms with Gasteiger partial charge in [0.25, 0.3) is 5.91 Å². The Hall–Kier alpha value is -3.06. The summed E-state index contributed by atoms with van der Waals surface area (Å²) >= 11 is 0. The number of ether oxygens (including phenoxy) is 2. The van der Waals surface area contributed by atoms with Crippen LogP contribution in [0.1, 0.15) is 35.3 Å². The number of nitrogens with one attached hydrogen (secondary N) is 1. The number of amides is 2. The van der Waals surface area contributed by atoms with Crippen LogP contribution in [0.4, 0.5) is 5.69 Å². The minimum absolute atomic E-state index is 0.00657. The van der Waals surface area contributed by atoms with E-state index in [1.54, 1.807) is 43.4 Å². The topological polar surface area (TPSA) is 71.1 Å². The van der Waals surface area contributed by atoms with Crippen molar-refractivity contribution >= 4 is 17.5 Å². The Kier molecular flexibility index (Phi) is 8.88. The summed E-state index contributed by atoms with van der Waals surface area (Å²) in [4.78, 5) is 28.6. The van der Waals surface area contributed by atoms with Gasteiger partial charge >= 0.3 is 0 Å². The van der Waals surface area contributed by atoms with Gasteiger partial charge in [-0.2, -0.15) is 0 Å². The third-order valence-electron chi connectivity index (χ3n) is 5.16. The van der Waals surface area contributed by atoms with Gasteiger partial charge in [0.05, 0.1) is 20.8 Å². The number of carbonyl (C=O) groups excluding carboxylic acids is 2. The maximum atomic E-state index is 12.5. The molecule has 2 aromatic rings. The molecule has 0 fully saturated rings. The van der Waals surface area contributed by atoms with Crippen LogP contribution in [0.2, 0.25) is 0 Å². The first-order valence-electron chi connectivity index (χ1n) is 10.4. The van der Waals surface area contributed by atoms with Gasteiger partial charge in [-0.05, 0) is 75.3 Å². The molecular formula is C24H33N3O4. The van der Waals surface area contributed by atoms with Crippen LogP contribution in [0.15, 0.2) is 36.4 Å². The number of carbonyl (C=O) groups is 2. The predicted molar refractivity (Wildman–Crippen MR) is 123 cm³/mol. The standard InChI is InChI=1S/C24H33N3O4/c1-7-27(8-2)24(29)18-9-11-20(12-10-18)25-23(28)16-26(4)15-19-14-22(31-6)21(30-5)13-17(19)3/h9-14H,7-8,15-16H2,1-6H3,(H,25,28). The Balaban J connectivity index is 1.96. The van der Waals surface area contributed by atoms with E-state index in [-0.39, 0.29) is 18.4 Å². The molecule has 0 spiro atoms. The lowest BCUT2D eigenvalue weighted by Gasteiger charge is -2.20. The van der Waals surface area contributed by atoms with Crippen LogP contribution >= 0.6 is 0 Å². The van der Waals surface area contributed by atoms with Crippen molar-refractivity contribution in [1.29, 1.82) is 0 Å². The molecule has 0 aliphatic rings. The van der Waals surface area contributed by atoms with Crippen molar-refractivity contribution in [2.75, 3.05) is 46.2 Å². The van der Waals surface area contributed by atoms with Crippen molar-refractivity contribution in [3.63, 3.8) is 0 Å². The first kappa shape index (κ1) is 24.2. The SMILES string of the molecule is CCN(CC)C(=O)c1ccc(NC(=O)CN(C)Cc2cc(OC)c(OC)cc2C)cc1. The molecular weight excluding hydrogens is 394 g/mol. The van der Waals surface area contributed by atoms with E-state index < -0.39 is 0 Å². The number of anilines is 1. The molecule has 2 amide bonds. The largest absolute Gasteiger partial charge is 0.493 e. The minimum Gasteiger partial charge on any atom is -0.493 e. The Morgan fingerprint density at radius 3 is 2.10 bits per heavy atom. The van der Waals surface area contributed by atoms with Crippen molar-refractivity contribution in [3.8, 4) is 11.5 Å². The summed E-state index contributed by atoms with van der Waals surface area (Å²) in [6, 6.07) is 10.9. The van der Waals surface area contributed by atoms with Crippen molar-refractivity contribution in [1.82, 2.24) is 9.80 Å². The molecule has 0 heterocycles. The number of aryl methyl sites for hydroxylation is 1. The highest BCUT2D eigenvalue weighted by molar-refractivity contribution is 5.96. The predicted octanol–water partition coefficient (Wildman–Crippen LogP) is 3.56. The number of nitrogens with zero attached hydrogens (tertiary/aromatic N) is 2. The number of hydrogen-bond acceptors (Lipinski definition) is 5. The highest BCUT2D eigenvalue weighted by Gasteiger charge is 2.14. The summed E-state index contributed by atoms with van der Waals surface area (Å²) in [5.74, 6) is 1.23. The molecule has 0 saturated heterocycles. The van der Waals surface area contributed by atoms with Gasteiger partial charge in [0, 0.05) is 30.9 Å². The van der Waals surface area contributed by atoms with Gasteiger partial charge in [-0.3, -0.25) is 14.5 Å². The van der Waals surface area contributed by atoms with E-state index >= 15 is 0 Å². The van der Waals surface area contributed by atoms with Crippen molar-refractivity contribution in [2.24, 2.45) is 0 Å². The zero-order valence-corrected chi connectivity index (χ0v) is 19.3. The molecule has 0 bridgehead atoms. The third-order valence-corrected chi connectivity index (χ3v) is 5.16. The molecule has 0 radical (unpaired) electrons. The molecule has 7 heteroatoms. The summed E-state index contributed by atoms with van der Waals surface area (Å²) in [5, 5.41) is 2.89. The summed E-state index contributed by atoms with van der Waals surface area (Å²) in [5.41, 5.74) is 3.41. The number of hydrogen-bond donors (Lipinski definition) is 1. The lowest BCUT2D eigenvalue weighted by Crippen LogP contribution is -2.31. The number of rotatable bonds is 10. The lowest BCUT2D eigenvalue weighted by atomic mass is 10.1. The van der Waals surface area contributed by atoms with Gasteiger partial charge in [-0.25, -0.2) is 0 Å². The summed E-state index contributed by atoms with van der Waals surface area (Å²) in [6.45, 7) is 8.07. The van der Waals surface area contributed by atoms with Crippen molar-refractivity contribution < 1.29 is 19.1 Å². The second kappa shape index (κ2) is 11.4. The highest BCUT2D eigenvalue weighted by atomic mass is 16.5. The van der Waals surface area contributed by atoms with Crippen LogP contribution in [-0.4, -0.2) is 62.5 Å². The van der Waals surface area contributed by atoms with E-state index in [0.717, 1.165) is 11.1 Å². The van der Waals surface area contributed by atoms with Crippen LogP contribution < -0.4 is 14.8 Å². The Bertz CT molecular complexity index is 892. The van der Waals surface area contributed by atoms with Crippen LogP contribution in [0.3, 0.4) is 0 Å². The fourth-order valence-electron chi connectivity index (χ4n) is 3.37. The molecule has 2 rings (SSSR count). The maximum Gasteiger partial charge on any atom is 0.253 e. The second-order valence-electron chi connectivity index (χ2n) is 7.41. The molecule has 0 saturated carbocycles. The molecule has 31 heavy (non-hydrogen) atoms. The van der Waals surface area contributed by atoms with Gasteiger partial charge in [0.15, 0.2) is 11.5 Å². The van der Waals surface area contributed by atoms with Crippen LogP contribution in [0, 0.1) is 6.92 Å². The fraction of sp³-hybridized carbons (Fsp3) is 0.417. The highest BCUT2D eigenvalue weighted by Crippen LogP contribution is 2.30. The Labute approximate surface area is 184 Å². The van der Waals surface area contributed by atoms with Gasteiger partial charge in [-0.15, -0.1) is 0 Å². The zero-order chi connectivity index (χ0) is 23.0. The first-order chi connectivity index (χ1) is 14.8. The van der Waals surface area contributed by atoms with Crippen LogP contribution in [-0.2, 0) is 11.3 Å². The smallest absolute Gasteiger partial charge is 0.253 e. The van der Waals surface area contributed by atoms with E-state index in [0.29, 0.717) is 42.4 Å². The molecule has 0 aliphatic carbocycles. The summed E-state index contributed by atoms with van der Waals surface area (Å²) < 4.78 is 10.7. The Morgan fingerprint density at radius 1 is 0.968 bits per heavy atom. The van der Waals surface area contributed by atoms with Gasteiger partial charge in [0.2, 0.25) is 5.91 Å². The third kappa shape index (κ3) is 6.46. The zero-order valence-electron chi connectivity index (χ0n) is 19.3. The van der Waals surface area contributed by atoms with E-state index in [4.69, 9.17) is 9.47 Å². The molecule has 0 unspecified atom stereocenters. The average molecular weight is 428 g/mol. The summed E-state index contributed by atoms with van der Waals surface area (Å²) in [6.07, 6.45) is 0. The number of methoxy groups -OCH3 is 2. The van der Waals surface area contributed by atoms with Crippen LogP contribution in [0.25, 0.3) is 0 Å². The molecule has 2 aromatic carbocycles. The van der Waals surface area contributed by atoms with Crippen molar-refractivity contribution in [2.45, 2.75) is 27.3 Å². The van der Waals surface area contributed by atoms with Gasteiger partial charge in [0.1, 0.15) is 0 Å². The van der Waals surface area contributed by atoms with Crippen LogP contribution in [0.5, 0.6) is 11.5 Å². The van der Waals surface area contributed by atoms with E-state index in [1.165, 1.54) is 0 Å². The average Bonchev–Trinajstić information content (AvgIpc) is 2.75.